The number of anilines is 1. The molecule has 2 aromatic heterocycles. The molecule has 0 atom stereocenters. The third-order valence-corrected chi connectivity index (χ3v) is 3.03. The monoisotopic (exact) mass is 266 g/mol. The Kier molecular flexibility index (Phi) is 2.87. The molecule has 0 aliphatic rings. The Morgan fingerprint density at radius 1 is 1.20 bits per heavy atom. The molecule has 3 rings (SSSR count). The van der Waals surface area contributed by atoms with E-state index >= 15 is 0 Å². The number of imidazole rings is 1. The summed E-state index contributed by atoms with van der Waals surface area (Å²) in [7, 11) is 0. The predicted molar refractivity (Wildman–Crippen MR) is 79.2 cm³/mol. The lowest BCUT2D eigenvalue weighted by Gasteiger charge is -1.99. The predicted octanol–water partition coefficient (Wildman–Crippen LogP) is 2.72. The second kappa shape index (κ2) is 4.70. The highest BCUT2D eigenvalue weighted by Gasteiger charge is 2.10. The zero-order valence-electron chi connectivity index (χ0n) is 11.0. The molecule has 5 heteroatoms. The van der Waals surface area contributed by atoms with Gasteiger partial charge in [-0.1, -0.05) is 24.3 Å². The molecule has 0 fully saturated rings. The summed E-state index contributed by atoms with van der Waals surface area (Å²) in [5.74, 6) is 1.14. The Morgan fingerprint density at radius 2 is 2.00 bits per heavy atom. The summed E-state index contributed by atoms with van der Waals surface area (Å²) in [6, 6.07) is 7.07. The summed E-state index contributed by atoms with van der Waals surface area (Å²) in [5.41, 5.74) is 8.05. The van der Waals surface area contributed by atoms with Crippen LogP contribution < -0.4 is 5.73 Å². The Hall–Kier alpha value is -2.82. The van der Waals surface area contributed by atoms with Gasteiger partial charge < -0.3 is 10.8 Å². The normalized spacial score (nSPS) is 11.4. The maximum absolute atomic E-state index is 9.88. The van der Waals surface area contributed by atoms with Gasteiger partial charge in [-0.15, -0.1) is 0 Å². The van der Waals surface area contributed by atoms with Crippen LogP contribution in [-0.4, -0.2) is 19.5 Å². The quantitative estimate of drug-likeness (QED) is 0.747. The van der Waals surface area contributed by atoms with Gasteiger partial charge in [0.2, 0.25) is 5.78 Å². The summed E-state index contributed by atoms with van der Waals surface area (Å²) in [6.07, 6.45) is 7.49. The zero-order valence-corrected chi connectivity index (χ0v) is 11.0. The number of rotatable bonds is 2. The number of nitrogen functional groups attached to an aromatic ring is 1. The largest absolute Gasteiger partial charge is 0.507 e. The number of aromatic nitrogens is 3. The van der Waals surface area contributed by atoms with Crippen LogP contribution in [0.15, 0.2) is 42.7 Å². The first-order chi connectivity index (χ1) is 9.69. The maximum atomic E-state index is 9.88. The third kappa shape index (κ3) is 1.99. The van der Waals surface area contributed by atoms with Crippen molar-refractivity contribution < 1.29 is 5.11 Å². The highest BCUT2D eigenvalue weighted by molar-refractivity contribution is 5.69. The van der Waals surface area contributed by atoms with Gasteiger partial charge in [-0.25, -0.2) is 4.98 Å². The van der Waals surface area contributed by atoms with Crippen molar-refractivity contribution in [3.63, 3.8) is 0 Å². The molecule has 20 heavy (non-hydrogen) atoms. The number of para-hydroxylation sites is 1. The van der Waals surface area contributed by atoms with Crippen LogP contribution >= 0.6 is 0 Å². The second-order valence-corrected chi connectivity index (χ2v) is 4.43. The maximum Gasteiger partial charge on any atom is 0.236 e. The molecule has 5 nitrogen and oxygen atoms in total. The minimum atomic E-state index is 0.192. The summed E-state index contributed by atoms with van der Waals surface area (Å²) < 4.78 is 1.80. The molecule has 0 unspecified atom stereocenters. The Bertz CT molecular complexity index is 805. The van der Waals surface area contributed by atoms with Crippen molar-refractivity contribution in [2.75, 3.05) is 5.73 Å². The van der Waals surface area contributed by atoms with Gasteiger partial charge in [0.25, 0.3) is 0 Å². The van der Waals surface area contributed by atoms with Crippen LogP contribution in [0.3, 0.4) is 0 Å². The zero-order chi connectivity index (χ0) is 14.1. The van der Waals surface area contributed by atoms with E-state index in [9.17, 15) is 5.11 Å². The van der Waals surface area contributed by atoms with E-state index < -0.39 is 0 Å². The van der Waals surface area contributed by atoms with E-state index in [-0.39, 0.29) is 5.75 Å². The lowest BCUT2D eigenvalue weighted by Crippen LogP contribution is -1.98. The minimum Gasteiger partial charge on any atom is -0.507 e. The highest BCUT2D eigenvalue weighted by Crippen LogP contribution is 2.28. The molecule has 3 N–H and O–H groups in total. The smallest absolute Gasteiger partial charge is 0.236 e. The fourth-order valence-corrected chi connectivity index (χ4v) is 2.08. The Balaban J connectivity index is 2.18. The van der Waals surface area contributed by atoms with Gasteiger partial charge in [-0.2, -0.15) is 4.98 Å². The van der Waals surface area contributed by atoms with E-state index in [1.54, 1.807) is 16.5 Å². The van der Waals surface area contributed by atoms with Gasteiger partial charge in [0.1, 0.15) is 11.6 Å². The SMILES string of the molecule is C/C=C/c1cn2cc(-c3ccccc3O)nc2nc1N. The van der Waals surface area contributed by atoms with Crippen LogP contribution in [0, 0.1) is 0 Å². The van der Waals surface area contributed by atoms with Crippen molar-refractivity contribution in [1.29, 1.82) is 0 Å². The van der Waals surface area contributed by atoms with Gasteiger partial charge in [0.05, 0.1) is 5.69 Å². The van der Waals surface area contributed by atoms with Crippen LogP contribution in [0.2, 0.25) is 0 Å². The average Bonchev–Trinajstić information content (AvgIpc) is 2.82. The van der Waals surface area contributed by atoms with E-state index in [1.807, 2.05) is 43.6 Å². The van der Waals surface area contributed by atoms with Gasteiger partial charge in [-0.3, -0.25) is 4.40 Å². The van der Waals surface area contributed by atoms with Crippen molar-refractivity contribution in [2.24, 2.45) is 0 Å². The molecule has 2 heterocycles. The van der Waals surface area contributed by atoms with Crippen LogP contribution in [-0.2, 0) is 0 Å². The molecule has 0 spiro atoms. The minimum absolute atomic E-state index is 0.192. The van der Waals surface area contributed by atoms with Crippen molar-refractivity contribution in [2.45, 2.75) is 6.92 Å². The third-order valence-electron chi connectivity index (χ3n) is 3.03. The number of benzene rings is 1. The lowest BCUT2D eigenvalue weighted by molar-refractivity contribution is 0.477. The first-order valence-corrected chi connectivity index (χ1v) is 6.25. The van der Waals surface area contributed by atoms with E-state index in [4.69, 9.17) is 5.73 Å². The van der Waals surface area contributed by atoms with E-state index in [2.05, 4.69) is 9.97 Å². The van der Waals surface area contributed by atoms with Crippen LogP contribution in [0.1, 0.15) is 12.5 Å². The number of nitrogens with zero attached hydrogens (tertiary/aromatic N) is 3. The number of hydrogen-bond acceptors (Lipinski definition) is 4. The summed E-state index contributed by atoms with van der Waals surface area (Å²) in [5, 5.41) is 9.88. The standard InChI is InChI=1S/C15H14N4O/c1-2-5-10-8-19-9-12(17-15(19)18-14(10)16)11-6-3-4-7-13(11)20/h2-9,20H,1H3,(H2,16,17,18)/b5-2+. The van der Waals surface area contributed by atoms with Crippen molar-refractivity contribution >= 4 is 17.7 Å². The summed E-state index contributed by atoms with van der Waals surface area (Å²) in [4.78, 5) is 8.66. The Morgan fingerprint density at radius 3 is 2.75 bits per heavy atom. The number of phenols is 1. The summed E-state index contributed by atoms with van der Waals surface area (Å²) in [6.45, 7) is 1.92. The molecule has 100 valence electrons. The van der Waals surface area contributed by atoms with Crippen LogP contribution in [0.4, 0.5) is 5.82 Å². The summed E-state index contributed by atoms with van der Waals surface area (Å²) >= 11 is 0. The number of allylic oxidation sites excluding steroid dienone is 1. The molecule has 3 aromatic rings. The molecule has 0 aliphatic heterocycles. The molecule has 0 radical (unpaired) electrons. The van der Waals surface area contributed by atoms with Crippen molar-refractivity contribution in [1.82, 2.24) is 14.4 Å². The van der Waals surface area contributed by atoms with Crippen LogP contribution in [0.25, 0.3) is 23.1 Å². The molecule has 1 aromatic carbocycles. The number of hydrogen-bond donors (Lipinski definition) is 2. The van der Waals surface area contributed by atoms with E-state index in [0.717, 1.165) is 5.56 Å². The number of fused-ring (bicyclic) bond motifs is 1. The first-order valence-electron chi connectivity index (χ1n) is 6.25. The van der Waals surface area contributed by atoms with E-state index in [0.29, 0.717) is 22.9 Å². The highest BCUT2D eigenvalue weighted by atomic mass is 16.3. The molecule has 0 saturated heterocycles. The number of nitrogens with two attached hydrogens (primary N) is 1. The number of aromatic hydroxyl groups is 1. The fourth-order valence-electron chi connectivity index (χ4n) is 2.08. The molecule has 0 bridgehead atoms. The van der Waals surface area contributed by atoms with Gasteiger partial charge in [0.15, 0.2) is 0 Å². The Labute approximate surface area is 116 Å². The lowest BCUT2D eigenvalue weighted by atomic mass is 10.1. The molecule has 0 saturated carbocycles. The molecule has 0 amide bonds. The molecular weight excluding hydrogens is 252 g/mol. The average molecular weight is 266 g/mol. The fraction of sp³-hybridized carbons (Fsp3) is 0.0667. The first kappa shape index (κ1) is 12.2. The molecule has 0 aliphatic carbocycles. The van der Waals surface area contributed by atoms with E-state index in [1.165, 1.54) is 0 Å². The van der Waals surface area contributed by atoms with Crippen LogP contribution in [0.5, 0.6) is 5.75 Å². The second-order valence-electron chi connectivity index (χ2n) is 4.43. The van der Waals surface area contributed by atoms with Gasteiger partial charge in [-0.05, 0) is 19.1 Å². The van der Waals surface area contributed by atoms with Crippen molar-refractivity contribution in [3.8, 4) is 17.0 Å². The van der Waals surface area contributed by atoms with Gasteiger partial charge >= 0.3 is 0 Å². The molecular formula is C15H14N4O. The number of phenolic OH excluding ortho intramolecular Hbond substituents is 1. The topological polar surface area (TPSA) is 76.4 Å². The van der Waals surface area contributed by atoms with Gasteiger partial charge in [0, 0.05) is 23.5 Å². The van der Waals surface area contributed by atoms with Crippen molar-refractivity contribution in [3.05, 3.63) is 48.3 Å².